The molecule has 0 bridgehead atoms. The fourth-order valence-electron chi connectivity index (χ4n) is 4.28. The molecule has 172 valence electrons. The second-order valence-corrected chi connectivity index (χ2v) is 8.72. The highest BCUT2D eigenvalue weighted by molar-refractivity contribution is 6.31. The molecule has 2 aromatic rings. The van der Waals surface area contributed by atoms with Crippen molar-refractivity contribution in [1.29, 1.82) is 0 Å². The zero-order valence-corrected chi connectivity index (χ0v) is 19.4. The number of hydrogen-bond donors (Lipinski definition) is 2. The zero-order valence-electron chi connectivity index (χ0n) is 18.7. The third-order valence-electron chi connectivity index (χ3n) is 6.24. The van der Waals surface area contributed by atoms with Crippen LogP contribution < -0.4 is 10.6 Å². The Morgan fingerprint density at radius 2 is 1.85 bits per heavy atom. The van der Waals surface area contributed by atoms with Crippen LogP contribution in [0.4, 0.5) is 4.79 Å². The van der Waals surface area contributed by atoms with E-state index in [2.05, 4.69) is 22.8 Å². The van der Waals surface area contributed by atoms with Crippen LogP contribution in [-0.4, -0.2) is 53.8 Å². The molecule has 2 aliphatic heterocycles. The summed E-state index contributed by atoms with van der Waals surface area (Å²) in [5.74, 6) is -0.485. The van der Waals surface area contributed by atoms with Crippen LogP contribution in [0.5, 0.6) is 0 Å². The standard InChI is InChI=1S/C25H27ClN4O3/c1-16(23(31)27-14-8-11-17-9-4-3-5-10-17)30-15-20-21(24(30)32)22(28-25(33)29(20)2)18-12-6-7-13-19(18)26/h3-7,9-10,12-13,16,22H,8,11,14-15H2,1-2H3,(H,27,31)(H,28,33). The minimum atomic E-state index is -0.671. The zero-order chi connectivity index (χ0) is 23.5. The molecule has 0 aliphatic carbocycles. The summed E-state index contributed by atoms with van der Waals surface area (Å²) < 4.78 is 0. The molecule has 4 rings (SSSR count). The molecular weight excluding hydrogens is 440 g/mol. The number of nitrogens with one attached hydrogen (secondary N) is 2. The minimum Gasteiger partial charge on any atom is -0.354 e. The van der Waals surface area contributed by atoms with E-state index in [1.165, 1.54) is 15.4 Å². The van der Waals surface area contributed by atoms with E-state index < -0.39 is 12.1 Å². The molecule has 4 amide bonds. The monoisotopic (exact) mass is 466 g/mol. The number of rotatable bonds is 7. The lowest BCUT2D eigenvalue weighted by Crippen LogP contribution is -2.47. The van der Waals surface area contributed by atoms with Crippen LogP contribution in [0.3, 0.4) is 0 Å². The van der Waals surface area contributed by atoms with Gasteiger partial charge in [0.15, 0.2) is 0 Å². The molecular formula is C25H27ClN4O3. The molecule has 33 heavy (non-hydrogen) atoms. The topological polar surface area (TPSA) is 81.8 Å². The molecule has 2 heterocycles. The van der Waals surface area contributed by atoms with E-state index >= 15 is 0 Å². The lowest BCUT2D eigenvalue weighted by atomic mass is 9.95. The van der Waals surface area contributed by atoms with Crippen LogP contribution in [-0.2, 0) is 16.0 Å². The maximum Gasteiger partial charge on any atom is 0.322 e. The Morgan fingerprint density at radius 3 is 2.58 bits per heavy atom. The number of nitrogens with zero attached hydrogens (tertiary/aromatic N) is 2. The molecule has 0 saturated carbocycles. The van der Waals surface area contributed by atoms with Gasteiger partial charge in [-0.3, -0.25) is 14.5 Å². The highest BCUT2D eigenvalue weighted by atomic mass is 35.5. The van der Waals surface area contributed by atoms with Crippen molar-refractivity contribution in [2.75, 3.05) is 20.1 Å². The first kappa shape index (κ1) is 22.9. The van der Waals surface area contributed by atoms with Gasteiger partial charge in [0.1, 0.15) is 6.04 Å². The van der Waals surface area contributed by atoms with Crippen molar-refractivity contribution in [2.45, 2.75) is 31.8 Å². The Bertz CT molecular complexity index is 1100. The van der Waals surface area contributed by atoms with E-state index in [0.717, 1.165) is 12.8 Å². The molecule has 8 heteroatoms. The molecule has 2 aliphatic rings. The summed E-state index contributed by atoms with van der Waals surface area (Å²) in [7, 11) is 1.62. The second-order valence-electron chi connectivity index (χ2n) is 8.31. The van der Waals surface area contributed by atoms with Crippen molar-refractivity contribution in [1.82, 2.24) is 20.4 Å². The van der Waals surface area contributed by atoms with Gasteiger partial charge in [-0.15, -0.1) is 0 Å². The van der Waals surface area contributed by atoms with Crippen molar-refractivity contribution in [3.05, 3.63) is 82.0 Å². The Kier molecular flexibility index (Phi) is 6.70. The average molecular weight is 467 g/mol. The van der Waals surface area contributed by atoms with E-state index in [-0.39, 0.29) is 24.4 Å². The van der Waals surface area contributed by atoms with Crippen LogP contribution in [0.1, 0.15) is 30.5 Å². The summed E-state index contributed by atoms with van der Waals surface area (Å²) in [6.07, 6.45) is 1.67. The number of carbonyl (C=O) groups excluding carboxylic acids is 3. The molecule has 2 aromatic carbocycles. The van der Waals surface area contributed by atoms with Gasteiger partial charge in [-0.25, -0.2) is 4.79 Å². The van der Waals surface area contributed by atoms with E-state index in [1.807, 2.05) is 24.3 Å². The molecule has 0 spiro atoms. The maximum atomic E-state index is 13.4. The van der Waals surface area contributed by atoms with Crippen LogP contribution in [0.15, 0.2) is 65.9 Å². The summed E-state index contributed by atoms with van der Waals surface area (Å²) in [5, 5.41) is 6.27. The summed E-state index contributed by atoms with van der Waals surface area (Å²) in [6.45, 7) is 2.43. The number of likely N-dealkylation sites (N-methyl/N-ethyl adjacent to an activating group) is 1. The molecule has 7 nitrogen and oxygen atoms in total. The highest BCUT2D eigenvalue weighted by Crippen LogP contribution is 2.38. The quantitative estimate of drug-likeness (QED) is 0.614. The van der Waals surface area contributed by atoms with Crippen molar-refractivity contribution in [2.24, 2.45) is 0 Å². The van der Waals surface area contributed by atoms with Crippen LogP contribution in [0.2, 0.25) is 5.02 Å². The van der Waals surface area contributed by atoms with Crippen LogP contribution >= 0.6 is 11.6 Å². The number of urea groups is 1. The van der Waals surface area contributed by atoms with Crippen molar-refractivity contribution in [3.63, 3.8) is 0 Å². The third kappa shape index (κ3) is 4.59. The van der Waals surface area contributed by atoms with Gasteiger partial charge in [0.2, 0.25) is 5.91 Å². The Hall–Kier alpha value is -3.32. The Labute approximate surface area is 198 Å². The fraction of sp³-hybridized carbons (Fsp3) is 0.320. The van der Waals surface area contributed by atoms with Gasteiger partial charge in [0.05, 0.1) is 23.9 Å². The molecule has 0 radical (unpaired) electrons. The predicted octanol–water partition coefficient (Wildman–Crippen LogP) is 3.27. The molecule has 0 fully saturated rings. The van der Waals surface area contributed by atoms with E-state index in [9.17, 15) is 14.4 Å². The van der Waals surface area contributed by atoms with Gasteiger partial charge in [-0.05, 0) is 37.0 Å². The van der Waals surface area contributed by atoms with Gasteiger partial charge in [0.25, 0.3) is 5.91 Å². The predicted molar refractivity (Wildman–Crippen MR) is 126 cm³/mol. The SMILES string of the molecule is CC(C(=O)NCCCc1ccccc1)N1CC2=C(C1=O)C(c1ccccc1Cl)NC(=O)N2C. The Balaban J connectivity index is 1.44. The normalized spacial score (nSPS) is 18.8. The first-order valence-corrected chi connectivity index (χ1v) is 11.4. The lowest BCUT2D eigenvalue weighted by molar-refractivity contribution is -0.135. The Morgan fingerprint density at radius 1 is 1.15 bits per heavy atom. The molecule has 0 saturated heterocycles. The van der Waals surface area contributed by atoms with Gasteiger partial charge >= 0.3 is 6.03 Å². The largest absolute Gasteiger partial charge is 0.354 e. The van der Waals surface area contributed by atoms with Gasteiger partial charge in [-0.1, -0.05) is 60.1 Å². The molecule has 2 unspecified atom stereocenters. The van der Waals surface area contributed by atoms with Crippen LogP contribution in [0, 0.1) is 0 Å². The van der Waals surface area contributed by atoms with Gasteiger partial charge in [-0.2, -0.15) is 0 Å². The van der Waals surface area contributed by atoms with E-state index in [4.69, 9.17) is 11.6 Å². The summed E-state index contributed by atoms with van der Waals surface area (Å²) in [6, 6.07) is 15.6. The number of amides is 4. The fourth-order valence-corrected chi connectivity index (χ4v) is 4.53. The number of benzene rings is 2. The third-order valence-corrected chi connectivity index (χ3v) is 6.58. The smallest absolute Gasteiger partial charge is 0.322 e. The van der Waals surface area contributed by atoms with Crippen molar-refractivity contribution in [3.8, 4) is 0 Å². The summed E-state index contributed by atoms with van der Waals surface area (Å²) in [4.78, 5) is 41.7. The van der Waals surface area contributed by atoms with E-state index in [0.29, 0.717) is 28.4 Å². The number of aryl methyl sites for hydroxylation is 1. The number of carbonyl (C=O) groups is 3. The number of halogens is 1. The second kappa shape index (κ2) is 9.67. The molecule has 2 N–H and O–H groups in total. The van der Waals surface area contributed by atoms with Crippen LogP contribution in [0.25, 0.3) is 0 Å². The average Bonchev–Trinajstić information content (AvgIpc) is 3.17. The summed E-state index contributed by atoms with van der Waals surface area (Å²) in [5.41, 5.74) is 2.92. The highest BCUT2D eigenvalue weighted by Gasteiger charge is 2.45. The maximum absolute atomic E-state index is 13.4. The van der Waals surface area contributed by atoms with Crippen molar-refractivity contribution < 1.29 is 14.4 Å². The lowest BCUT2D eigenvalue weighted by Gasteiger charge is -2.31. The molecule has 2 atom stereocenters. The van der Waals surface area contributed by atoms with Crippen molar-refractivity contribution >= 4 is 29.4 Å². The summed E-state index contributed by atoms with van der Waals surface area (Å²) >= 11 is 6.37. The first-order chi connectivity index (χ1) is 15.9. The number of hydrogen-bond acceptors (Lipinski definition) is 3. The van der Waals surface area contributed by atoms with E-state index in [1.54, 1.807) is 32.2 Å². The molecule has 0 aromatic heterocycles. The minimum absolute atomic E-state index is 0.192. The van der Waals surface area contributed by atoms with Gasteiger partial charge in [0, 0.05) is 18.6 Å². The first-order valence-electron chi connectivity index (χ1n) is 11.0. The van der Waals surface area contributed by atoms with Gasteiger partial charge < -0.3 is 15.5 Å².